The lowest BCUT2D eigenvalue weighted by atomic mass is 10.2. The maximum absolute atomic E-state index is 12.8. The number of nitrogens with zero attached hydrogens (tertiary/aromatic N) is 2. The summed E-state index contributed by atoms with van der Waals surface area (Å²) in [7, 11) is 0.963. The van der Waals surface area contributed by atoms with Gasteiger partial charge in [-0.15, -0.1) is 0 Å². The summed E-state index contributed by atoms with van der Waals surface area (Å²) >= 11 is 1.30. The van der Waals surface area contributed by atoms with Crippen LogP contribution in [-0.4, -0.2) is 64.1 Å². The summed E-state index contributed by atoms with van der Waals surface area (Å²) in [6.07, 6.45) is 1.71. The number of anilines is 1. The number of sulfonamides is 1. The first-order chi connectivity index (χ1) is 15.8. The van der Waals surface area contributed by atoms with Crippen LogP contribution in [0.2, 0.25) is 0 Å². The van der Waals surface area contributed by atoms with Crippen LogP contribution in [-0.2, 0) is 14.8 Å². The lowest BCUT2D eigenvalue weighted by Gasteiger charge is -2.20. The number of aromatic nitrogens is 1. The summed E-state index contributed by atoms with van der Waals surface area (Å²) < 4.78 is 43.9. The van der Waals surface area contributed by atoms with E-state index in [0.29, 0.717) is 40.9 Å². The van der Waals surface area contributed by atoms with Gasteiger partial charge < -0.3 is 14.2 Å². The lowest BCUT2D eigenvalue weighted by molar-refractivity contribution is 0.0979. The van der Waals surface area contributed by atoms with E-state index in [0.717, 1.165) is 17.5 Å². The van der Waals surface area contributed by atoms with Crippen molar-refractivity contribution >= 4 is 42.6 Å². The minimum absolute atomic E-state index is 0.0800. The first-order valence-corrected chi connectivity index (χ1v) is 12.6. The quantitative estimate of drug-likeness (QED) is 0.515. The van der Waals surface area contributed by atoms with Crippen LogP contribution < -0.4 is 14.8 Å². The number of amides is 1. The van der Waals surface area contributed by atoms with Crippen LogP contribution >= 0.6 is 11.3 Å². The summed E-state index contributed by atoms with van der Waals surface area (Å²) in [5, 5.41) is 3.18. The van der Waals surface area contributed by atoms with Gasteiger partial charge in [0.2, 0.25) is 10.0 Å². The highest BCUT2D eigenvalue weighted by molar-refractivity contribution is 7.89. The summed E-state index contributed by atoms with van der Waals surface area (Å²) in [5.74, 6) is 0.742. The standard InChI is InChI=1S/C22H25N3O6S2/c1-25(13-15-5-4-10-31-15)33(27,28)16-8-6-14(7-9-16)21(26)24-22-23-17-11-18(29-2)19(30-3)12-20(17)32-22/h6-9,11-12,15H,4-5,10,13H2,1-3H3,(H,23,24,26). The van der Waals surface area contributed by atoms with Crippen molar-refractivity contribution < 1.29 is 27.4 Å². The molecule has 176 valence electrons. The molecule has 0 aliphatic carbocycles. The molecule has 0 spiro atoms. The predicted molar refractivity (Wildman–Crippen MR) is 126 cm³/mol. The summed E-state index contributed by atoms with van der Waals surface area (Å²) in [6.45, 7) is 0.968. The second kappa shape index (κ2) is 9.64. The topological polar surface area (TPSA) is 107 Å². The molecule has 1 aromatic heterocycles. The molecule has 1 N–H and O–H groups in total. The van der Waals surface area contributed by atoms with E-state index in [9.17, 15) is 13.2 Å². The van der Waals surface area contributed by atoms with Gasteiger partial charge >= 0.3 is 0 Å². The molecular weight excluding hydrogens is 466 g/mol. The number of methoxy groups -OCH3 is 2. The molecule has 3 aromatic rings. The number of carbonyl (C=O) groups excluding carboxylic acids is 1. The molecule has 1 fully saturated rings. The van der Waals surface area contributed by atoms with Gasteiger partial charge in [0.25, 0.3) is 5.91 Å². The van der Waals surface area contributed by atoms with E-state index in [2.05, 4.69) is 10.3 Å². The number of hydrogen-bond donors (Lipinski definition) is 1. The van der Waals surface area contributed by atoms with Gasteiger partial charge in [0.1, 0.15) is 0 Å². The Kier molecular flexibility index (Phi) is 6.84. The Morgan fingerprint density at radius 1 is 1.21 bits per heavy atom. The van der Waals surface area contributed by atoms with Gasteiger partial charge in [-0.1, -0.05) is 11.3 Å². The summed E-state index contributed by atoms with van der Waals surface area (Å²) in [5.41, 5.74) is 0.994. The smallest absolute Gasteiger partial charge is 0.257 e. The largest absolute Gasteiger partial charge is 0.493 e. The molecular formula is C22H25N3O6S2. The highest BCUT2D eigenvalue weighted by atomic mass is 32.2. The van der Waals surface area contributed by atoms with E-state index in [1.807, 2.05) is 0 Å². The van der Waals surface area contributed by atoms with Gasteiger partial charge in [-0.2, -0.15) is 4.31 Å². The Bertz CT molecular complexity index is 1210. The van der Waals surface area contributed by atoms with Crippen molar-refractivity contribution in [3.8, 4) is 11.5 Å². The number of ether oxygens (including phenoxy) is 3. The summed E-state index contributed by atoms with van der Waals surface area (Å²) in [6, 6.07) is 9.39. The fraction of sp³-hybridized carbons (Fsp3) is 0.364. The molecule has 1 amide bonds. The van der Waals surface area contributed by atoms with E-state index < -0.39 is 10.0 Å². The molecule has 1 atom stereocenters. The maximum atomic E-state index is 12.8. The van der Waals surface area contributed by atoms with Crippen LogP contribution in [0.1, 0.15) is 23.2 Å². The number of fused-ring (bicyclic) bond motifs is 1. The Morgan fingerprint density at radius 3 is 2.55 bits per heavy atom. The highest BCUT2D eigenvalue weighted by Crippen LogP contribution is 2.36. The monoisotopic (exact) mass is 491 g/mol. The molecule has 0 radical (unpaired) electrons. The van der Waals surface area contributed by atoms with Crippen LogP contribution in [0.4, 0.5) is 5.13 Å². The van der Waals surface area contributed by atoms with Crippen LogP contribution in [0, 0.1) is 0 Å². The molecule has 2 aromatic carbocycles. The van der Waals surface area contributed by atoms with Crippen molar-refractivity contribution in [3.05, 3.63) is 42.0 Å². The average molecular weight is 492 g/mol. The Hall–Kier alpha value is -2.73. The molecule has 0 saturated carbocycles. The van der Waals surface area contributed by atoms with Crippen molar-refractivity contribution in [3.63, 3.8) is 0 Å². The Labute approximate surface area is 196 Å². The molecule has 1 aliphatic rings. The Balaban J connectivity index is 1.47. The van der Waals surface area contributed by atoms with E-state index in [1.165, 1.54) is 47.0 Å². The average Bonchev–Trinajstić information content (AvgIpc) is 3.46. The fourth-order valence-corrected chi connectivity index (χ4v) is 5.68. The molecule has 0 bridgehead atoms. The third kappa shape index (κ3) is 4.96. The molecule has 11 heteroatoms. The predicted octanol–water partition coefficient (Wildman–Crippen LogP) is 3.37. The summed E-state index contributed by atoms with van der Waals surface area (Å²) in [4.78, 5) is 17.2. The molecule has 2 heterocycles. The number of hydrogen-bond acceptors (Lipinski definition) is 8. The van der Waals surface area contributed by atoms with Gasteiger partial charge in [0, 0.05) is 37.9 Å². The number of likely N-dealkylation sites (N-methyl/N-ethyl adjacent to an activating group) is 1. The van der Waals surface area contributed by atoms with Crippen LogP contribution in [0.3, 0.4) is 0 Å². The van der Waals surface area contributed by atoms with Crippen LogP contribution in [0.25, 0.3) is 10.2 Å². The maximum Gasteiger partial charge on any atom is 0.257 e. The molecule has 9 nitrogen and oxygen atoms in total. The van der Waals surface area contributed by atoms with Gasteiger partial charge in [0.15, 0.2) is 16.6 Å². The number of benzene rings is 2. The van der Waals surface area contributed by atoms with Gasteiger partial charge in [-0.3, -0.25) is 10.1 Å². The third-order valence-electron chi connectivity index (χ3n) is 5.42. The fourth-order valence-electron chi connectivity index (χ4n) is 3.61. The second-order valence-corrected chi connectivity index (χ2v) is 10.7. The Morgan fingerprint density at radius 2 is 1.91 bits per heavy atom. The second-order valence-electron chi connectivity index (χ2n) is 7.59. The van der Waals surface area contributed by atoms with E-state index in [-0.39, 0.29) is 16.9 Å². The van der Waals surface area contributed by atoms with E-state index in [4.69, 9.17) is 14.2 Å². The van der Waals surface area contributed by atoms with Crippen molar-refractivity contribution in [2.24, 2.45) is 0 Å². The van der Waals surface area contributed by atoms with Crippen molar-refractivity contribution in [2.75, 3.05) is 39.7 Å². The van der Waals surface area contributed by atoms with Crippen LogP contribution in [0.5, 0.6) is 11.5 Å². The molecule has 4 rings (SSSR count). The first kappa shape index (κ1) is 23.4. The number of carbonyl (C=O) groups is 1. The zero-order valence-electron chi connectivity index (χ0n) is 18.5. The van der Waals surface area contributed by atoms with E-state index >= 15 is 0 Å². The number of rotatable bonds is 8. The normalized spacial score (nSPS) is 16.3. The van der Waals surface area contributed by atoms with Crippen LogP contribution in [0.15, 0.2) is 41.3 Å². The molecule has 1 unspecified atom stereocenters. The van der Waals surface area contributed by atoms with Crippen molar-refractivity contribution in [1.82, 2.24) is 9.29 Å². The highest BCUT2D eigenvalue weighted by Gasteiger charge is 2.26. The number of thiazole rings is 1. The van der Waals surface area contributed by atoms with Gasteiger partial charge in [-0.25, -0.2) is 13.4 Å². The SMILES string of the molecule is COc1cc2nc(NC(=O)c3ccc(S(=O)(=O)N(C)CC4CCCO4)cc3)sc2cc1OC. The van der Waals surface area contributed by atoms with E-state index in [1.54, 1.807) is 26.4 Å². The van der Waals surface area contributed by atoms with Crippen molar-refractivity contribution in [1.29, 1.82) is 0 Å². The molecule has 1 saturated heterocycles. The van der Waals surface area contributed by atoms with Gasteiger partial charge in [0.05, 0.1) is 35.4 Å². The zero-order valence-corrected chi connectivity index (χ0v) is 20.2. The minimum Gasteiger partial charge on any atom is -0.493 e. The first-order valence-electron chi connectivity index (χ1n) is 10.3. The molecule has 33 heavy (non-hydrogen) atoms. The zero-order chi connectivity index (χ0) is 23.6. The van der Waals surface area contributed by atoms with Gasteiger partial charge in [-0.05, 0) is 37.1 Å². The third-order valence-corrected chi connectivity index (χ3v) is 8.19. The lowest BCUT2D eigenvalue weighted by Crippen LogP contribution is -2.34. The minimum atomic E-state index is -3.67. The number of nitrogens with one attached hydrogen (secondary N) is 1. The van der Waals surface area contributed by atoms with Crippen molar-refractivity contribution in [2.45, 2.75) is 23.8 Å². The molecule has 1 aliphatic heterocycles.